The van der Waals surface area contributed by atoms with Crippen molar-refractivity contribution in [3.63, 3.8) is 0 Å². The quantitative estimate of drug-likeness (QED) is 0.0614. The van der Waals surface area contributed by atoms with Gasteiger partial charge in [-0.1, -0.05) is 42.5 Å². The van der Waals surface area contributed by atoms with Crippen LogP contribution in [0.15, 0.2) is 85.5 Å². The maximum atomic E-state index is 13.5. The van der Waals surface area contributed by atoms with Gasteiger partial charge in [0.1, 0.15) is 17.7 Å². The Labute approximate surface area is 240 Å². The summed E-state index contributed by atoms with van der Waals surface area (Å²) in [4.78, 5) is 26.7. The summed E-state index contributed by atoms with van der Waals surface area (Å²) in [6, 6.07) is 17.2. The van der Waals surface area contributed by atoms with E-state index >= 15 is 0 Å². The number of nitrogens with zero attached hydrogens (tertiary/aromatic N) is 1. The first-order valence-corrected chi connectivity index (χ1v) is 14.3. The summed E-state index contributed by atoms with van der Waals surface area (Å²) >= 11 is 0. The van der Waals surface area contributed by atoms with Gasteiger partial charge in [0.15, 0.2) is 0 Å². The van der Waals surface area contributed by atoms with Crippen LogP contribution in [0.4, 0.5) is 23.2 Å². The largest absolute Gasteiger partial charge is 0.534 e. The van der Waals surface area contributed by atoms with Crippen molar-refractivity contribution in [2.75, 3.05) is 4.90 Å². The standard InChI is InChI=1S/C30H27F4NO6S/c1-3-4-20-5-7-22(8-6-20)28-26(17-18-27(40-19(2)36)21-9-11-23(31)12-10-21)29(37)35(28)24-13-15-25(16-14-24)41-42(38,39)30(32,33)34/h3,5-16,26-28H,1,4,17-18H2,2H3/t26-,27+,28-/m1/s1. The third-order valence-corrected chi connectivity index (χ3v) is 7.79. The van der Waals surface area contributed by atoms with E-state index in [2.05, 4.69) is 10.8 Å². The molecule has 12 heteroatoms. The molecule has 222 valence electrons. The topological polar surface area (TPSA) is 90.0 Å². The highest BCUT2D eigenvalue weighted by Crippen LogP contribution is 2.47. The van der Waals surface area contributed by atoms with E-state index in [1.165, 1.54) is 48.2 Å². The van der Waals surface area contributed by atoms with E-state index < -0.39 is 51.2 Å². The first kappa shape index (κ1) is 30.8. The van der Waals surface area contributed by atoms with Gasteiger partial charge in [-0.2, -0.15) is 21.6 Å². The van der Waals surface area contributed by atoms with Gasteiger partial charge in [-0.15, -0.1) is 6.58 Å². The van der Waals surface area contributed by atoms with Gasteiger partial charge in [-0.05, 0) is 72.4 Å². The summed E-state index contributed by atoms with van der Waals surface area (Å²) in [6.07, 6.45) is 2.25. The number of ether oxygens (including phenoxy) is 1. The van der Waals surface area contributed by atoms with E-state index in [9.17, 15) is 35.6 Å². The van der Waals surface area contributed by atoms with Crippen LogP contribution in [0.2, 0.25) is 0 Å². The van der Waals surface area contributed by atoms with Crippen molar-refractivity contribution in [3.8, 4) is 5.75 Å². The molecule has 3 aromatic rings. The van der Waals surface area contributed by atoms with Gasteiger partial charge < -0.3 is 13.8 Å². The lowest BCUT2D eigenvalue weighted by atomic mass is 9.78. The third-order valence-electron chi connectivity index (χ3n) is 6.81. The molecule has 0 saturated carbocycles. The highest BCUT2D eigenvalue weighted by molar-refractivity contribution is 7.88. The van der Waals surface area contributed by atoms with Crippen molar-refractivity contribution in [1.29, 1.82) is 0 Å². The second kappa shape index (κ2) is 12.4. The average molecular weight is 606 g/mol. The number of carbonyl (C=O) groups excluding carboxylic acids is 2. The Morgan fingerprint density at radius 2 is 1.64 bits per heavy atom. The number of anilines is 1. The average Bonchev–Trinajstić information content (AvgIpc) is 2.92. The van der Waals surface area contributed by atoms with Gasteiger partial charge in [-0.25, -0.2) is 4.39 Å². The lowest BCUT2D eigenvalue weighted by Crippen LogP contribution is -2.55. The van der Waals surface area contributed by atoms with Gasteiger partial charge in [0.2, 0.25) is 5.91 Å². The second-order valence-corrected chi connectivity index (χ2v) is 11.2. The van der Waals surface area contributed by atoms with Crippen LogP contribution in [-0.4, -0.2) is 25.8 Å². The summed E-state index contributed by atoms with van der Waals surface area (Å²) in [7, 11) is -5.85. The zero-order valence-corrected chi connectivity index (χ0v) is 23.2. The van der Waals surface area contributed by atoms with E-state index in [1.807, 2.05) is 24.3 Å². The summed E-state index contributed by atoms with van der Waals surface area (Å²) in [6.45, 7) is 4.99. The van der Waals surface area contributed by atoms with Crippen LogP contribution in [0.3, 0.4) is 0 Å². The molecule has 3 aromatic carbocycles. The van der Waals surface area contributed by atoms with Gasteiger partial charge in [0.05, 0.1) is 12.0 Å². The van der Waals surface area contributed by atoms with Gasteiger partial charge in [0.25, 0.3) is 0 Å². The molecule has 0 aliphatic carbocycles. The van der Waals surface area contributed by atoms with Crippen LogP contribution in [0.25, 0.3) is 0 Å². The number of rotatable bonds is 11. The fraction of sp³-hybridized carbons (Fsp3) is 0.267. The Hall–Kier alpha value is -4.19. The number of hydrogen-bond donors (Lipinski definition) is 0. The van der Waals surface area contributed by atoms with E-state index in [0.717, 1.165) is 23.3 Å². The predicted molar refractivity (Wildman–Crippen MR) is 146 cm³/mol. The Morgan fingerprint density at radius 3 is 2.19 bits per heavy atom. The van der Waals surface area contributed by atoms with Crippen LogP contribution < -0.4 is 9.08 Å². The molecule has 1 aliphatic rings. The number of allylic oxidation sites excluding steroid dienone is 1. The van der Waals surface area contributed by atoms with Gasteiger partial charge >= 0.3 is 21.6 Å². The number of halogens is 4. The molecule has 1 amide bonds. The number of esters is 1. The summed E-state index contributed by atoms with van der Waals surface area (Å²) in [5.41, 5.74) is -2.90. The lowest BCUT2D eigenvalue weighted by Gasteiger charge is -2.48. The zero-order valence-electron chi connectivity index (χ0n) is 22.4. The van der Waals surface area contributed by atoms with E-state index in [0.29, 0.717) is 24.1 Å². The Kier molecular flexibility index (Phi) is 9.05. The molecule has 1 fully saturated rings. The van der Waals surface area contributed by atoms with E-state index in [4.69, 9.17) is 4.74 Å². The minimum Gasteiger partial charge on any atom is -0.458 e. The predicted octanol–water partition coefficient (Wildman–Crippen LogP) is 6.57. The molecule has 0 bridgehead atoms. The Bertz CT molecular complexity index is 1540. The minimum atomic E-state index is -5.85. The molecule has 42 heavy (non-hydrogen) atoms. The molecular weight excluding hydrogens is 578 g/mol. The molecule has 0 unspecified atom stereocenters. The van der Waals surface area contributed by atoms with Crippen molar-refractivity contribution in [2.45, 2.75) is 43.8 Å². The van der Waals surface area contributed by atoms with Crippen molar-refractivity contribution in [2.24, 2.45) is 5.92 Å². The molecule has 0 aromatic heterocycles. The fourth-order valence-electron chi connectivity index (χ4n) is 4.86. The smallest absolute Gasteiger partial charge is 0.458 e. The molecule has 1 heterocycles. The fourth-order valence-corrected chi connectivity index (χ4v) is 5.31. The number of β-lactam (4-membered cyclic amide) rings is 1. The number of hydrogen-bond acceptors (Lipinski definition) is 6. The molecule has 0 spiro atoms. The van der Waals surface area contributed by atoms with Crippen molar-refractivity contribution in [3.05, 3.63) is 108 Å². The molecule has 4 rings (SSSR count). The second-order valence-electron chi connectivity index (χ2n) is 9.70. The SMILES string of the molecule is C=CCc1ccc([C@@H]2[C@@H](CC[C@H](OC(C)=O)c3ccc(F)cc3)C(=O)N2c2ccc(OS(=O)(=O)C(F)(F)F)cc2)cc1. The molecule has 1 aliphatic heterocycles. The molecule has 0 radical (unpaired) electrons. The highest BCUT2D eigenvalue weighted by Gasteiger charge is 2.50. The molecular formula is C30H27F4NO6S. The molecule has 7 nitrogen and oxygen atoms in total. The van der Waals surface area contributed by atoms with Crippen LogP contribution in [0.1, 0.15) is 48.6 Å². The lowest BCUT2D eigenvalue weighted by molar-refractivity contribution is -0.147. The monoisotopic (exact) mass is 605 g/mol. The zero-order chi connectivity index (χ0) is 30.7. The van der Waals surface area contributed by atoms with Gasteiger partial charge in [0, 0.05) is 12.6 Å². The molecule has 0 N–H and O–H groups in total. The van der Waals surface area contributed by atoms with Crippen LogP contribution in [0.5, 0.6) is 5.75 Å². The normalized spacial score (nSPS) is 17.7. The van der Waals surface area contributed by atoms with E-state index in [-0.39, 0.29) is 12.3 Å². The van der Waals surface area contributed by atoms with Crippen molar-refractivity contribution < 1.29 is 44.5 Å². The minimum absolute atomic E-state index is 0.266. The number of amides is 1. The van der Waals surface area contributed by atoms with E-state index in [1.54, 1.807) is 6.08 Å². The highest BCUT2D eigenvalue weighted by atomic mass is 32.2. The van der Waals surface area contributed by atoms with Crippen LogP contribution in [-0.2, 0) is 30.9 Å². The first-order valence-electron chi connectivity index (χ1n) is 12.9. The summed E-state index contributed by atoms with van der Waals surface area (Å²) in [5.74, 6) is -2.37. The number of benzene rings is 3. The van der Waals surface area contributed by atoms with Crippen LogP contribution >= 0.6 is 0 Å². The van der Waals surface area contributed by atoms with Crippen molar-refractivity contribution >= 4 is 27.7 Å². The maximum absolute atomic E-state index is 13.5. The first-order chi connectivity index (χ1) is 19.8. The van der Waals surface area contributed by atoms with Crippen molar-refractivity contribution in [1.82, 2.24) is 0 Å². The van der Waals surface area contributed by atoms with Crippen LogP contribution in [0, 0.1) is 11.7 Å². The third kappa shape index (κ3) is 6.81. The van der Waals surface area contributed by atoms with Gasteiger partial charge in [-0.3, -0.25) is 9.59 Å². The molecule has 3 atom stereocenters. The summed E-state index contributed by atoms with van der Waals surface area (Å²) in [5, 5.41) is 0. The number of carbonyl (C=O) groups is 2. The maximum Gasteiger partial charge on any atom is 0.534 e. The number of alkyl halides is 3. The summed E-state index contributed by atoms with van der Waals surface area (Å²) < 4.78 is 83.9. The Balaban J connectivity index is 1.60. The molecule has 1 saturated heterocycles. The Morgan fingerprint density at radius 1 is 1.02 bits per heavy atom.